The van der Waals surface area contributed by atoms with Crippen molar-refractivity contribution in [3.8, 4) is 11.1 Å². The van der Waals surface area contributed by atoms with E-state index in [9.17, 15) is 13.2 Å². The van der Waals surface area contributed by atoms with Crippen LogP contribution in [0.5, 0.6) is 0 Å². The SMILES string of the molecule is CC(C)Cc1cc(-c2ccc(Cn3ccnc3C(C)C)c(F)c2)c(S(=O)(=O)NC(=O)c2ccccn2)s1. The third-order valence-corrected chi connectivity index (χ3v) is 8.72. The second-order valence-electron chi connectivity index (χ2n) is 9.54. The molecule has 1 amide bonds. The van der Waals surface area contributed by atoms with E-state index in [1.807, 2.05) is 38.5 Å². The van der Waals surface area contributed by atoms with Crippen LogP contribution in [-0.2, 0) is 23.0 Å². The molecule has 0 aliphatic rings. The van der Waals surface area contributed by atoms with Crippen LogP contribution in [0.3, 0.4) is 0 Å². The zero-order valence-corrected chi connectivity index (χ0v) is 22.7. The minimum Gasteiger partial charge on any atom is -0.330 e. The van der Waals surface area contributed by atoms with Gasteiger partial charge in [0.2, 0.25) is 0 Å². The van der Waals surface area contributed by atoms with E-state index in [0.717, 1.165) is 22.0 Å². The summed E-state index contributed by atoms with van der Waals surface area (Å²) in [6.45, 7) is 8.43. The number of carbonyl (C=O) groups excluding carboxylic acids is 1. The second-order valence-corrected chi connectivity index (χ2v) is 12.6. The Kier molecular flexibility index (Phi) is 7.89. The number of amides is 1. The molecule has 1 N–H and O–H groups in total. The van der Waals surface area contributed by atoms with E-state index in [4.69, 9.17) is 0 Å². The van der Waals surface area contributed by atoms with Gasteiger partial charge in [0.25, 0.3) is 15.9 Å². The molecule has 7 nitrogen and oxygen atoms in total. The van der Waals surface area contributed by atoms with Crippen molar-refractivity contribution in [2.24, 2.45) is 5.92 Å². The number of nitrogens with zero attached hydrogens (tertiary/aromatic N) is 3. The number of halogens is 1. The van der Waals surface area contributed by atoms with Gasteiger partial charge in [0.15, 0.2) is 0 Å². The first-order valence-corrected chi connectivity index (χ1v) is 14.3. The Hall–Kier alpha value is -3.37. The van der Waals surface area contributed by atoms with Gasteiger partial charge in [0, 0.05) is 40.5 Å². The number of aromatic nitrogens is 3. The molecule has 0 fully saturated rings. The number of carbonyl (C=O) groups is 1. The number of pyridine rings is 1. The smallest absolute Gasteiger partial charge is 0.283 e. The summed E-state index contributed by atoms with van der Waals surface area (Å²) in [5, 5.41) is 0. The van der Waals surface area contributed by atoms with E-state index >= 15 is 4.39 Å². The lowest BCUT2D eigenvalue weighted by Gasteiger charge is -2.12. The summed E-state index contributed by atoms with van der Waals surface area (Å²) in [5.41, 5.74) is 1.24. The lowest BCUT2D eigenvalue weighted by molar-refractivity contribution is 0.0976. The molecule has 194 valence electrons. The van der Waals surface area contributed by atoms with Gasteiger partial charge in [0.05, 0.1) is 6.54 Å². The molecule has 4 aromatic rings. The lowest BCUT2D eigenvalue weighted by Crippen LogP contribution is -2.30. The van der Waals surface area contributed by atoms with Crippen molar-refractivity contribution in [2.75, 3.05) is 0 Å². The highest BCUT2D eigenvalue weighted by Gasteiger charge is 2.27. The molecule has 0 saturated carbocycles. The van der Waals surface area contributed by atoms with E-state index in [1.54, 1.807) is 36.5 Å². The number of nitrogens with one attached hydrogen (secondary N) is 1. The van der Waals surface area contributed by atoms with Crippen LogP contribution in [0.4, 0.5) is 4.39 Å². The molecule has 0 atom stereocenters. The van der Waals surface area contributed by atoms with E-state index in [1.165, 1.54) is 18.3 Å². The molecule has 0 unspecified atom stereocenters. The molecule has 0 radical (unpaired) electrons. The monoisotopic (exact) mass is 540 g/mol. The summed E-state index contributed by atoms with van der Waals surface area (Å²) in [7, 11) is -4.24. The fourth-order valence-electron chi connectivity index (χ4n) is 4.03. The highest BCUT2D eigenvalue weighted by atomic mass is 32.2. The van der Waals surface area contributed by atoms with Gasteiger partial charge in [-0.05, 0) is 42.2 Å². The van der Waals surface area contributed by atoms with E-state index in [2.05, 4.69) is 14.7 Å². The van der Waals surface area contributed by atoms with Crippen LogP contribution >= 0.6 is 11.3 Å². The zero-order valence-electron chi connectivity index (χ0n) is 21.1. The van der Waals surface area contributed by atoms with Gasteiger partial charge in [-0.3, -0.25) is 9.78 Å². The van der Waals surface area contributed by atoms with Gasteiger partial charge < -0.3 is 4.57 Å². The highest BCUT2D eigenvalue weighted by molar-refractivity contribution is 7.92. The number of rotatable bonds is 9. The number of sulfonamides is 1. The Morgan fingerprint density at radius 3 is 2.51 bits per heavy atom. The van der Waals surface area contributed by atoms with Crippen molar-refractivity contribution >= 4 is 27.3 Å². The third-order valence-electron chi connectivity index (χ3n) is 5.70. The molecule has 0 aliphatic carbocycles. The third kappa shape index (κ3) is 6.14. The minimum absolute atomic E-state index is 0.0118. The summed E-state index contributed by atoms with van der Waals surface area (Å²) in [6, 6.07) is 11.2. The standard InChI is InChI=1S/C27H29FN4O3S2/c1-17(2)13-21-15-22(27(36-21)37(34,35)31-26(33)24-7-5-6-10-29-24)19-8-9-20(23(28)14-19)16-32-12-11-30-25(32)18(3)4/h5-12,14-15,17-18H,13,16H2,1-4H3,(H,31,33). The summed E-state index contributed by atoms with van der Waals surface area (Å²) in [6.07, 6.45) is 5.58. The lowest BCUT2D eigenvalue weighted by atomic mass is 10.0. The second kappa shape index (κ2) is 10.9. The van der Waals surface area contributed by atoms with Crippen LogP contribution in [0.1, 0.15) is 60.4 Å². The number of benzene rings is 1. The van der Waals surface area contributed by atoms with Crippen LogP contribution in [0, 0.1) is 11.7 Å². The first kappa shape index (κ1) is 26.7. The number of hydrogen-bond acceptors (Lipinski definition) is 6. The Morgan fingerprint density at radius 1 is 1.08 bits per heavy atom. The normalized spacial score (nSPS) is 11.9. The molecule has 4 rings (SSSR count). The van der Waals surface area contributed by atoms with Crippen LogP contribution < -0.4 is 4.72 Å². The van der Waals surface area contributed by atoms with E-state index < -0.39 is 21.7 Å². The fourth-order valence-corrected chi connectivity index (χ4v) is 6.94. The molecular formula is C27H29FN4O3S2. The van der Waals surface area contributed by atoms with E-state index in [0.29, 0.717) is 29.7 Å². The average molecular weight is 541 g/mol. The van der Waals surface area contributed by atoms with Gasteiger partial charge in [0.1, 0.15) is 21.5 Å². The van der Waals surface area contributed by atoms with Crippen LogP contribution in [0.2, 0.25) is 0 Å². The van der Waals surface area contributed by atoms with Crippen LogP contribution in [0.15, 0.2) is 65.3 Å². The molecule has 3 aromatic heterocycles. The Balaban J connectivity index is 1.69. The minimum atomic E-state index is -4.24. The quantitative estimate of drug-likeness (QED) is 0.297. The Bertz CT molecular complexity index is 1510. The Morgan fingerprint density at radius 2 is 1.86 bits per heavy atom. The van der Waals surface area contributed by atoms with Gasteiger partial charge in [-0.1, -0.05) is 45.9 Å². The molecule has 0 spiro atoms. The van der Waals surface area contributed by atoms with Gasteiger partial charge in [-0.25, -0.2) is 22.5 Å². The summed E-state index contributed by atoms with van der Waals surface area (Å²) in [4.78, 5) is 21.7. The highest BCUT2D eigenvalue weighted by Crippen LogP contribution is 2.37. The topological polar surface area (TPSA) is 94.0 Å². The van der Waals surface area contributed by atoms with Crippen LogP contribution in [0.25, 0.3) is 11.1 Å². The molecule has 10 heteroatoms. The van der Waals surface area contributed by atoms with Gasteiger partial charge in [-0.15, -0.1) is 11.3 Å². The van der Waals surface area contributed by atoms with Crippen LogP contribution in [-0.4, -0.2) is 28.9 Å². The molecule has 0 saturated heterocycles. The summed E-state index contributed by atoms with van der Waals surface area (Å²) < 4.78 is 45.9. The van der Waals surface area contributed by atoms with E-state index in [-0.39, 0.29) is 21.7 Å². The first-order chi connectivity index (χ1) is 17.5. The largest absolute Gasteiger partial charge is 0.330 e. The predicted octanol–water partition coefficient (Wildman–Crippen LogP) is 5.63. The molecule has 0 bridgehead atoms. The number of hydrogen-bond donors (Lipinski definition) is 1. The van der Waals surface area contributed by atoms with Crippen molar-refractivity contribution in [3.05, 3.63) is 88.8 Å². The molecule has 1 aromatic carbocycles. The van der Waals surface area contributed by atoms with Crippen molar-refractivity contribution in [3.63, 3.8) is 0 Å². The maximum atomic E-state index is 15.3. The van der Waals surface area contributed by atoms with Crippen molar-refractivity contribution in [1.29, 1.82) is 0 Å². The van der Waals surface area contributed by atoms with Gasteiger partial charge in [-0.2, -0.15) is 0 Å². The molecule has 3 heterocycles. The first-order valence-electron chi connectivity index (χ1n) is 12.0. The maximum Gasteiger partial charge on any atom is 0.283 e. The summed E-state index contributed by atoms with van der Waals surface area (Å²) >= 11 is 1.09. The molecule has 37 heavy (non-hydrogen) atoms. The van der Waals surface area contributed by atoms with Crippen molar-refractivity contribution < 1.29 is 17.6 Å². The summed E-state index contributed by atoms with van der Waals surface area (Å²) in [5.74, 6) is 0.0643. The molecule has 0 aliphatic heterocycles. The molecular weight excluding hydrogens is 511 g/mol. The fraction of sp³-hybridized carbons (Fsp3) is 0.296. The zero-order chi connectivity index (χ0) is 26.7. The Labute approximate surface area is 220 Å². The van der Waals surface area contributed by atoms with Crippen molar-refractivity contribution in [1.82, 2.24) is 19.3 Å². The van der Waals surface area contributed by atoms with Crippen molar-refractivity contribution in [2.45, 2.75) is 50.8 Å². The van der Waals surface area contributed by atoms with Gasteiger partial charge >= 0.3 is 0 Å². The maximum absolute atomic E-state index is 15.3. The number of imidazole rings is 1. The number of thiophene rings is 1. The average Bonchev–Trinajstić information content (AvgIpc) is 3.48. The predicted molar refractivity (Wildman–Crippen MR) is 143 cm³/mol.